The average Bonchev–Trinajstić information content (AvgIpc) is 2.83. The highest BCUT2D eigenvalue weighted by molar-refractivity contribution is 6.32. The highest BCUT2D eigenvalue weighted by atomic mass is 35.5. The molecule has 0 aliphatic heterocycles. The van der Waals surface area contributed by atoms with Crippen molar-refractivity contribution in [3.05, 3.63) is 29.2 Å². The van der Waals surface area contributed by atoms with Crippen LogP contribution in [0.5, 0.6) is 0 Å². The van der Waals surface area contributed by atoms with E-state index in [9.17, 15) is 0 Å². The van der Waals surface area contributed by atoms with E-state index in [1.807, 2.05) is 31.4 Å². The summed E-state index contributed by atoms with van der Waals surface area (Å²) in [6.45, 7) is 3.63. The Morgan fingerprint density at radius 2 is 2.20 bits per heavy atom. The minimum Gasteiger partial charge on any atom is -0.354 e. The van der Waals surface area contributed by atoms with Crippen molar-refractivity contribution in [2.45, 2.75) is 19.9 Å². The number of rotatable bonds is 6. The van der Waals surface area contributed by atoms with Crippen LogP contribution in [0, 0.1) is 0 Å². The second-order valence-corrected chi connectivity index (χ2v) is 5.08. The van der Waals surface area contributed by atoms with Crippen LogP contribution in [0.3, 0.4) is 0 Å². The highest BCUT2D eigenvalue weighted by Crippen LogP contribution is 2.24. The number of halogens is 1. The smallest absolute Gasteiger partial charge is 0.224 e. The molecule has 7 heteroatoms. The van der Waals surface area contributed by atoms with Gasteiger partial charge in [0.05, 0.1) is 12.4 Å². The van der Waals surface area contributed by atoms with E-state index < -0.39 is 0 Å². The molecular weight excluding hydrogens is 276 g/mol. The molecule has 1 N–H and O–H groups in total. The number of aryl methyl sites for hydroxylation is 1. The third-order valence-corrected chi connectivity index (χ3v) is 3.06. The van der Waals surface area contributed by atoms with Crippen LogP contribution in [0.1, 0.15) is 18.9 Å². The van der Waals surface area contributed by atoms with Crippen LogP contribution >= 0.6 is 11.6 Å². The fraction of sp³-hybridized carbons (Fsp3) is 0.462. The SMILES string of the molecule is CCCNc1ncc(Cl)c(N(C)Cc2cnn(C)c2)n1. The molecule has 0 aromatic carbocycles. The van der Waals surface area contributed by atoms with E-state index in [1.54, 1.807) is 10.9 Å². The van der Waals surface area contributed by atoms with E-state index in [1.165, 1.54) is 0 Å². The molecule has 2 heterocycles. The van der Waals surface area contributed by atoms with E-state index in [2.05, 4.69) is 27.3 Å². The Morgan fingerprint density at radius 1 is 1.40 bits per heavy atom. The first kappa shape index (κ1) is 14.6. The summed E-state index contributed by atoms with van der Waals surface area (Å²) in [6, 6.07) is 0. The molecule has 0 saturated carbocycles. The monoisotopic (exact) mass is 294 g/mol. The van der Waals surface area contributed by atoms with E-state index >= 15 is 0 Å². The normalized spacial score (nSPS) is 10.6. The molecular formula is C13H19ClN6. The summed E-state index contributed by atoms with van der Waals surface area (Å²) in [6.07, 6.45) is 6.46. The van der Waals surface area contributed by atoms with Gasteiger partial charge in [-0.3, -0.25) is 4.68 Å². The maximum atomic E-state index is 6.18. The van der Waals surface area contributed by atoms with Gasteiger partial charge in [0.1, 0.15) is 5.02 Å². The minimum absolute atomic E-state index is 0.540. The van der Waals surface area contributed by atoms with Crippen molar-refractivity contribution in [1.82, 2.24) is 19.7 Å². The Labute approximate surface area is 123 Å². The lowest BCUT2D eigenvalue weighted by molar-refractivity contribution is 0.766. The molecule has 108 valence electrons. The Balaban J connectivity index is 2.13. The summed E-state index contributed by atoms with van der Waals surface area (Å²) in [7, 11) is 3.85. The van der Waals surface area contributed by atoms with Gasteiger partial charge in [-0.2, -0.15) is 10.1 Å². The van der Waals surface area contributed by atoms with E-state index in [-0.39, 0.29) is 0 Å². The van der Waals surface area contributed by atoms with Crippen LogP contribution in [-0.4, -0.2) is 33.3 Å². The molecule has 2 aromatic rings. The van der Waals surface area contributed by atoms with Gasteiger partial charge in [-0.05, 0) is 6.42 Å². The van der Waals surface area contributed by atoms with Crippen LogP contribution in [0.4, 0.5) is 11.8 Å². The van der Waals surface area contributed by atoms with Crippen molar-refractivity contribution in [2.24, 2.45) is 7.05 Å². The van der Waals surface area contributed by atoms with Crippen LogP contribution < -0.4 is 10.2 Å². The Kier molecular flexibility index (Phi) is 4.79. The van der Waals surface area contributed by atoms with Crippen molar-refractivity contribution >= 4 is 23.4 Å². The van der Waals surface area contributed by atoms with Crippen molar-refractivity contribution < 1.29 is 0 Å². The quantitative estimate of drug-likeness (QED) is 0.886. The average molecular weight is 295 g/mol. The fourth-order valence-electron chi connectivity index (χ4n) is 1.85. The maximum Gasteiger partial charge on any atom is 0.224 e. The van der Waals surface area contributed by atoms with Gasteiger partial charge in [-0.1, -0.05) is 18.5 Å². The van der Waals surface area contributed by atoms with Crippen molar-refractivity contribution in [3.63, 3.8) is 0 Å². The zero-order valence-corrected chi connectivity index (χ0v) is 12.7. The molecule has 0 fully saturated rings. The summed E-state index contributed by atoms with van der Waals surface area (Å²) < 4.78 is 1.78. The summed E-state index contributed by atoms with van der Waals surface area (Å²) in [5.41, 5.74) is 1.10. The molecule has 0 unspecified atom stereocenters. The Morgan fingerprint density at radius 3 is 2.85 bits per heavy atom. The zero-order chi connectivity index (χ0) is 14.5. The van der Waals surface area contributed by atoms with Gasteiger partial charge in [-0.15, -0.1) is 0 Å². The molecule has 0 radical (unpaired) electrons. The minimum atomic E-state index is 0.540. The van der Waals surface area contributed by atoms with E-state index in [0.29, 0.717) is 23.3 Å². The number of aromatic nitrogens is 4. The molecule has 0 atom stereocenters. The largest absolute Gasteiger partial charge is 0.354 e. The second-order valence-electron chi connectivity index (χ2n) is 4.67. The first-order valence-electron chi connectivity index (χ1n) is 6.55. The van der Waals surface area contributed by atoms with Crippen LogP contribution in [-0.2, 0) is 13.6 Å². The van der Waals surface area contributed by atoms with Gasteiger partial charge in [0.25, 0.3) is 0 Å². The molecule has 20 heavy (non-hydrogen) atoms. The summed E-state index contributed by atoms with van der Waals surface area (Å²) in [5.74, 6) is 1.31. The fourth-order valence-corrected chi connectivity index (χ4v) is 2.09. The van der Waals surface area contributed by atoms with Gasteiger partial charge in [0.15, 0.2) is 5.82 Å². The number of hydrogen-bond acceptors (Lipinski definition) is 5. The lowest BCUT2D eigenvalue weighted by atomic mass is 10.3. The molecule has 0 saturated heterocycles. The molecule has 0 aliphatic carbocycles. The summed E-state index contributed by atoms with van der Waals surface area (Å²) >= 11 is 6.18. The predicted molar refractivity (Wildman–Crippen MR) is 81.1 cm³/mol. The van der Waals surface area contributed by atoms with Crippen LogP contribution in [0.15, 0.2) is 18.6 Å². The third-order valence-electron chi connectivity index (χ3n) is 2.80. The second kappa shape index (κ2) is 6.56. The topological polar surface area (TPSA) is 58.9 Å². The highest BCUT2D eigenvalue weighted by Gasteiger charge is 2.11. The number of hydrogen-bond donors (Lipinski definition) is 1. The summed E-state index contributed by atoms with van der Waals surface area (Å²) in [5, 5.41) is 7.86. The zero-order valence-electron chi connectivity index (χ0n) is 12.0. The first-order valence-corrected chi connectivity index (χ1v) is 6.93. The third kappa shape index (κ3) is 3.60. The van der Waals surface area contributed by atoms with Crippen LogP contribution in [0.2, 0.25) is 5.02 Å². The van der Waals surface area contributed by atoms with E-state index in [4.69, 9.17) is 11.6 Å². The molecule has 0 aliphatic rings. The van der Waals surface area contributed by atoms with Gasteiger partial charge < -0.3 is 10.2 Å². The van der Waals surface area contributed by atoms with Gasteiger partial charge >= 0.3 is 0 Å². The molecule has 2 aromatic heterocycles. The number of anilines is 2. The number of nitrogens with one attached hydrogen (secondary N) is 1. The molecule has 0 spiro atoms. The molecule has 6 nitrogen and oxygen atoms in total. The number of nitrogens with zero attached hydrogens (tertiary/aromatic N) is 5. The predicted octanol–water partition coefficient (Wildman–Crippen LogP) is 2.32. The van der Waals surface area contributed by atoms with Crippen LogP contribution in [0.25, 0.3) is 0 Å². The Bertz CT molecular complexity index is 568. The Hall–Kier alpha value is -1.82. The lowest BCUT2D eigenvalue weighted by Gasteiger charge is -2.19. The van der Waals surface area contributed by atoms with E-state index in [0.717, 1.165) is 18.5 Å². The molecule has 2 rings (SSSR count). The van der Waals surface area contributed by atoms with Gasteiger partial charge in [0.2, 0.25) is 5.95 Å². The summed E-state index contributed by atoms with van der Waals surface area (Å²) in [4.78, 5) is 10.6. The van der Waals surface area contributed by atoms with Gasteiger partial charge in [-0.25, -0.2) is 4.98 Å². The standard InChI is InChI=1S/C13H19ClN6/c1-4-5-15-13-16-7-11(14)12(18-13)19(2)8-10-6-17-20(3)9-10/h6-7,9H,4-5,8H2,1-3H3,(H,15,16,18). The lowest BCUT2D eigenvalue weighted by Crippen LogP contribution is -2.19. The maximum absolute atomic E-state index is 6.18. The van der Waals surface area contributed by atoms with Crippen molar-refractivity contribution in [1.29, 1.82) is 0 Å². The van der Waals surface area contributed by atoms with Gasteiger partial charge in [0, 0.05) is 38.9 Å². The first-order chi connectivity index (χ1) is 9.60. The van der Waals surface area contributed by atoms with Crippen molar-refractivity contribution in [2.75, 3.05) is 23.8 Å². The molecule has 0 amide bonds. The van der Waals surface area contributed by atoms with Crippen molar-refractivity contribution in [3.8, 4) is 0 Å². The molecule has 0 bridgehead atoms.